The van der Waals surface area contributed by atoms with Crippen molar-refractivity contribution in [2.45, 2.75) is 58.7 Å². The molecular weight excluding hydrogens is 400 g/mol. The molecule has 1 aliphatic heterocycles. The molecule has 2 heterocycles. The van der Waals surface area contributed by atoms with Crippen molar-refractivity contribution in [2.75, 3.05) is 0 Å². The molecule has 2 unspecified atom stereocenters. The summed E-state index contributed by atoms with van der Waals surface area (Å²) in [6, 6.07) is 8.11. The van der Waals surface area contributed by atoms with Crippen molar-refractivity contribution in [1.82, 2.24) is 10.3 Å². The zero-order valence-corrected chi connectivity index (χ0v) is 18.1. The fourth-order valence-electron chi connectivity index (χ4n) is 4.00. The Kier molecular flexibility index (Phi) is 6.39. The smallest absolute Gasteiger partial charge is 0.290 e. The molecule has 1 aromatic heterocycles. The number of aryl methyl sites for hydroxylation is 2. The summed E-state index contributed by atoms with van der Waals surface area (Å²) in [4.78, 5) is 28.1. The third-order valence-corrected chi connectivity index (χ3v) is 6.49. The average molecular weight is 427 g/mol. The number of hydrogen-bond acceptors (Lipinski definition) is 6. The maximum Gasteiger partial charge on any atom is 0.290 e. The van der Waals surface area contributed by atoms with Crippen molar-refractivity contribution in [3.05, 3.63) is 52.3 Å². The van der Waals surface area contributed by atoms with Crippen molar-refractivity contribution in [3.63, 3.8) is 0 Å². The monoisotopic (exact) mass is 426 g/mol. The molecule has 7 heteroatoms. The number of rotatable bonds is 6. The topological polar surface area (TPSA) is 81.4 Å². The molecule has 0 radical (unpaired) electrons. The Morgan fingerprint density at radius 2 is 2.17 bits per heavy atom. The van der Waals surface area contributed by atoms with E-state index < -0.39 is 0 Å². The Labute approximate surface area is 180 Å². The van der Waals surface area contributed by atoms with Crippen LogP contribution in [-0.4, -0.2) is 22.2 Å². The Morgan fingerprint density at radius 1 is 1.30 bits per heavy atom. The first kappa shape index (κ1) is 20.9. The summed E-state index contributed by atoms with van der Waals surface area (Å²) in [5, 5.41) is 2.01. The number of imide groups is 1. The Balaban J connectivity index is 1.32. The highest BCUT2D eigenvalue weighted by Gasteiger charge is 2.27. The van der Waals surface area contributed by atoms with Crippen molar-refractivity contribution in [2.24, 2.45) is 5.92 Å². The van der Waals surface area contributed by atoms with Gasteiger partial charge in [0.2, 0.25) is 5.89 Å². The zero-order chi connectivity index (χ0) is 21.1. The van der Waals surface area contributed by atoms with E-state index in [1.54, 1.807) is 0 Å². The van der Waals surface area contributed by atoms with Gasteiger partial charge in [-0.25, -0.2) is 4.98 Å². The van der Waals surface area contributed by atoms with E-state index in [2.05, 4.69) is 29.4 Å². The molecule has 0 bridgehead atoms. The quantitative estimate of drug-likeness (QED) is 0.632. The second-order valence-corrected chi connectivity index (χ2v) is 9.02. The van der Waals surface area contributed by atoms with Crippen molar-refractivity contribution >= 4 is 22.9 Å². The summed E-state index contributed by atoms with van der Waals surface area (Å²) in [5.74, 6) is 1.60. The van der Waals surface area contributed by atoms with Crippen molar-refractivity contribution in [1.29, 1.82) is 0 Å². The van der Waals surface area contributed by atoms with Crippen LogP contribution < -0.4 is 5.32 Å². The number of amides is 2. The van der Waals surface area contributed by atoms with Crippen LogP contribution in [-0.2, 0) is 16.1 Å². The number of nitrogens with zero attached hydrogens (tertiary/aromatic N) is 1. The number of benzene rings is 1. The Hall–Kier alpha value is -2.38. The SMILES string of the molecule is Cc1cccc(-c2nc(COC3CCCC(CC=C4SC(=O)NC4=O)C3)c(C)o2)c1. The predicted octanol–water partition coefficient (Wildman–Crippen LogP) is 5.29. The summed E-state index contributed by atoms with van der Waals surface area (Å²) in [6.45, 7) is 4.41. The number of allylic oxidation sites excluding steroid dienone is 1. The van der Waals surface area contributed by atoms with Gasteiger partial charge in [0.25, 0.3) is 11.1 Å². The van der Waals surface area contributed by atoms with E-state index in [4.69, 9.17) is 9.15 Å². The van der Waals surface area contributed by atoms with Gasteiger partial charge in [-0.3, -0.25) is 14.9 Å². The second kappa shape index (κ2) is 9.18. The number of aromatic nitrogens is 1. The van der Waals surface area contributed by atoms with Gasteiger partial charge in [-0.15, -0.1) is 0 Å². The predicted molar refractivity (Wildman–Crippen MR) is 116 cm³/mol. The van der Waals surface area contributed by atoms with E-state index in [1.807, 2.05) is 25.1 Å². The van der Waals surface area contributed by atoms with Crippen LogP contribution >= 0.6 is 11.8 Å². The molecule has 2 aromatic rings. The lowest BCUT2D eigenvalue weighted by molar-refractivity contribution is -0.115. The highest BCUT2D eigenvalue weighted by molar-refractivity contribution is 8.18. The number of thioether (sulfide) groups is 1. The van der Waals surface area contributed by atoms with Gasteiger partial charge in [-0.2, -0.15) is 0 Å². The highest BCUT2D eigenvalue weighted by Crippen LogP contribution is 2.32. The zero-order valence-electron chi connectivity index (χ0n) is 17.3. The molecule has 30 heavy (non-hydrogen) atoms. The molecule has 6 nitrogen and oxygen atoms in total. The number of hydrogen-bond donors (Lipinski definition) is 1. The number of nitrogens with one attached hydrogen (secondary N) is 1. The van der Waals surface area contributed by atoms with Crippen LogP contribution in [0.2, 0.25) is 0 Å². The van der Waals surface area contributed by atoms with Crippen LogP contribution in [0.5, 0.6) is 0 Å². The van der Waals surface area contributed by atoms with Crippen LogP contribution in [0.4, 0.5) is 4.79 Å². The van der Waals surface area contributed by atoms with Gasteiger partial charge in [0.05, 0.1) is 17.6 Å². The van der Waals surface area contributed by atoms with Crippen molar-refractivity contribution in [3.8, 4) is 11.5 Å². The second-order valence-electron chi connectivity index (χ2n) is 8.00. The lowest BCUT2D eigenvalue weighted by atomic mass is 9.85. The van der Waals surface area contributed by atoms with Crippen LogP contribution in [0, 0.1) is 19.8 Å². The Morgan fingerprint density at radius 3 is 2.93 bits per heavy atom. The van der Waals surface area contributed by atoms with Gasteiger partial charge in [0.1, 0.15) is 11.5 Å². The minimum absolute atomic E-state index is 0.173. The molecule has 1 aliphatic carbocycles. The van der Waals surface area contributed by atoms with E-state index in [-0.39, 0.29) is 17.3 Å². The van der Waals surface area contributed by atoms with Crippen LogP contribution in [0.3, 0.4) is 0 Å². The molecule has 2 aliphatic rings. The van der Waals surface area contributed by atoms with Gasteiger partial charge in [-0.1, -0.05) is 30.2 Å². The Bertz CT molecular complexity index is 981. The van der Waals surface area contributed by atoms with Gasteiger partial charge >= 0.3 is 0 Å². The summed E-state index contributed by atoms with van der Waals surface area (Å²) in [6.07, 6.45) is 7.06. The minimum atomic E-state index is -0.288. The first-order valence-corrected chi connectivity index (χ1v) is 11.2. The molecule has 1 aromatic carbocycles. The molecule has 0 spiro atoms. The molecule has 2 fully saturated rings. The summed E-state index contributed by atoms with van der Waals surface area (Å²) in [7, 11) is 0. The number of carbonyl (C=O) groups excluding carboxylic acids is 2. The molecule has 1 saturated heterocycles. The minimum Gasteiger partial charge on any atom is -0.441 e. The number of carbonyl (C=O) groups is 2. The molecule has 2 amide bonds. The molecule has 4 rings (SSSR count). The van der Waals surface area contributed by atoms with Gasteiger partial charge in [-0.05, 0) is 69.3 Å². The maximum atomic E-state index is 11.7. The molecule has 2 atom stereocenters. The van der Waals surface area contributed by atoms with Gasteiger partial charge in [0.15, 0.2) is 0 Å². The average Bonchev–Trinajstić information content (AvgIpc) is 3.26. The normalized spacial score (nSPS) is 23.2. The van der Waals surface area contributed by atoms with Crippen LogP contribution in [0.25, 0.3) is 11.5 Å². The number of oxazole rings is 1. The summed E-state index contributed by atoms with van der Waals surface area (Å²) < 4.78 is 12.0. The van der Waals surface area contributed by atoms with Gasteiger partial charge in [0, 0.05) is 5.56 Å². The molecule has 1 saturated carbocycles. The first-order valence-electron chi connectivity index (χ1n) is 10.4. The first-order chi connectivity index (χ1) is 14.5. The summed E-state index contributed by atoms with van der Waals surface area (Å²) >= 11 is 0.985. The van der Waals surface area contributed by atoms with Gasteiger partial charge < -0.3 is 9.15 Å². The van der Waals surface area contributed by atoms with E-state index in [9.17, 15) is 9.59 Å². The largest absolute Gasteiger partial charge is 0.441 e. The summed E-state index contributed by atoms with van der Waals surface area (Å²) in [5.41, 5.74) is 2.98. The fourth-order valence-corrected chi connectivity index (χ4v) is 4.67. The standard InChI is InChI=1S/C23H26N2O4S/c1-14-5-3-7-17(11-14)22-24-19(15(2)29-22)13-28-18-8-4-6-16(12-18)9-10-20-21(26)25-23(27)30-20/h3,5,7,10-11,16,18H,4,6,8-9,12-13H2,1-2H3,(H,25,26,27). The third kappa shape index (κ3) is 5.02. The van der Waals surface area contributed by atoms with Crippen molar-refractivity contribution < 1.29 is 18.7 Å². The van der Waals surface area contributed by atoms with E-state index >= 15 is 0 Å². The third-order valence-electron chi connectivity index (χ3n) is 5.63. The fraction of sp³-hybridized carbons (Fsp3) is 0.435. The van der Waals surface area contributed by atoms with Crippen LogP contribution in [0.15, 0.2) is 39.7 Å². The maximum absolute atomic E-state index is 11.7. The molecule has 158 valence electrons. The van der Waals surface area contributed by atoms with Crippen LogP contribution in [0.1, 0.15) is 49.1 Å². The molecule has 1 N–H and O–H groups in total. The van der Waals surface area contributed by atoms with E-state index in [0.29, 0.717) is 23.3 Å². The highest BCUT2D eigenvalue weighted by atomic mass is 32.2. The lowest BCUT2D eigenvalue weighted by Crippen LogP contribution is -2.23. The van der Waals surface area contributed by atoms with E-state index in [1.165, 1.54) is 5.56 Å². The molecular formula is C23H26N2O4S. The number of ether oxygens (including phenoxy) is 1. The lowest BCUT2D eigenvalue weighted by Gasteiger charge is -2.28. The van der Waals surface area contributed by atoms with E-state index in [0.717, 1.165) is 60.9 Å².